The number of rotatable bonds is 1. The van der Waals surface area contributed by atoms with Crippen molar-refractivity contribution in [1.29, 1.82) is 5.26 Å². The molecule has 0 saturated heterocycles. The molecule has 0 fully saturated rings. The summed E-state index contributed by atoms with van der Waals surface area (Å²) < 4.78 is 6.29. The zero-order valence-electron chi connectivity index (χ0n) is 8.89. The van der Waals surface area contributed by atoms with Crippen LogP contribution in [0.2, 0.25) is 0 Å². The summed E-state index contributed by atoms with van der Waals surface area (Å²) >= 11 is 0. The van der Waals surface area contributed by atoms with Crippen LogP contribution in [-0.2, 0) is 4.74 Å². The zero-order valence-corrected chi connectivity index (χ0v) is 8.89. The Hall–Kier alpha value is -2.35. The third kappa shape index (κ3) is 1.41. The highest BCUT2D eigenvalue weighted by molar-refractivity contribution is 5.90. The number of aromatic nitrogens is 2. The van der Waals surface area contributed by atoms with Gasteiger partial charge in [0.2, 0.25) is 0 Å². The second kappa shape index (κ2) is 3.66. The van der Waals surface area contributed by atoms with Crippen LogP contribution >= 0.6 is 0 Å². The van der Waals surface area contributed by atoms with Crippen molar-refractivity contribution < 1.29 is 9.53 Å². The lowest BCUT2D eigenvalue weighted by atomic mass is 10.3. The molecule has 2 aromatic heterocycles. The summed E-state index contributed by atoms with van der Waals surface area (Å²) in [5, 5.41) is 8.75. The number of methoxy groups -OCH3 is 1. The normalized spacial score (nSPS) is 10.1. The minimum atomic E-state index is -0.435. The largest absolute Gasteiger partial charge is 0.464 e. The average Bonchev–Trinajstić information content (AvgIpc) is 2.62. The molecule has 0 radical (unpaired) electrons. The van der Waals surface area contributed by atoms with Crippen LogP contribution in [0.3, 0.4) is 0 Å². The molecule has 0 aromatic carbocycles. The summed E-state index contributed by atoms with van der Waals surface area (Å²) in [5.74, 6) is -0.435. The molecule has 5 nitrogen and oxygen atoms in total. The van der Waals surface area contributed by atoms with Crippen molar-refractivity contribution >= 4 is 11.6 Å². The van der Waals surface area contributed by atoms with Gasteiger partial charge in [0, 0.05) is 6.20 Å². The van der Waals surface area contributed by atoms with E-state index in [1.54, 1.807) is 29.7 Å². The second-order valence-corrected chi connectivity index (χ2v) is 3.29. The van der Waals surface area contributed by atoms with Crippen LogP contribution in [0, 0.1) is 18.3 Å². The fourth-order valence-corrected chi connectivity index (χ4v) is 1.57. The molecular weight excluding hydrogens is 206 g/mol. The van der Waals surface area contributed by atoms with Gasteiger partial charge in [-0.05, 0) is 19.1 Å². The quantitative estimate of drug-likeness (QED) is 0.672. The van der Waals surface area contributed by atoms with Gasteiger partial charge in [0.15, 0.2) is 5.69 Å². The molecule has 0 N–H and O–H groups in total. The summed E-state index contributed by atoms with van der Waals surface area (Å²) in [5.41, 5.74) is 2.05. The molecule has 2 aromatic rings. The lowest BCUT2D eigenvalue weighted by molar-refractivity contribution is 0.0592. The fraction of sp³-hybridized carbons (Fsp3) is 0.182. The van der Waals surface area contributed by atoms with Gasteiger partial charge >= 0.3 is 5.97 Å². The molecule has 2 heterocycles. The first-order valence-corrected chi connectivity index (χ1v) is 4.64. The lowest BCUT2D eigenvalue weighted by Crippen LogP contribution is -2.06. The number of aryl methyl sites for hydroxylation is 1. The Morgan fingerprint density at radius 1 is 1.62 bits per heavy atom. The van der Waals surface area contributed by atoms with Gasteiger partial charge in [-0.2, -0.15) is 5.26 Å². The minimum Gasteiger partial charge on any atom is -0.464 e. The van der Waals surface area contributed by atoms with E-state index in [9.17, 15) is 4.79 Å². The van der Waals surface area contributed by atoms with Crippen molar-refractivity contribution in [2.75, 3.05) is 7.11 Å². The Labute approximate surface area is 91.9 Å². The number of esters is 1. The predicted octanol–water partition coefficient (Wildman–Crippen LogP) is 1.30. The summed E-state index contributed by atoms with van der Waals surface area (Å²) in [7, 11) is 1.32. The van der Waals surface area contributed by atoms with Crippen molar-refractivity contribution in [2.24, 2.45) is 0 Å². The van der Waals surface area contributed by atoms with Crippen molar-refractivity contribution in [3.63, 3.8) is 0 Å². The molecule has 5 heteroatoms. The Balaban J connectivity index is 2.73. The number of fused-ring (bicyclic) bond motifs is 1. The highest BCUT2D eigenvalue weighted by Gasteiger charge is 2.16. The number of carbonyl (C=O) groups is 1. The van der Waals surface area contributed by atoms with Gasteiger partial charge in [-0.25, -0.2) is 9.78 Å². The number of imidazole rings is 1. The van der Waals surface area contributed by atoms with E-state index in [1.165, 1.54) is 7.11 Å². The van der Waals surface area contributed by atoms with E-state index in [0.717, 1.165) is 0 Å². The van der Waals surface area contributed by atoms with Crippen LogP contribution in [0.4, 0.5) is 0 Å². The molecule has 0 atom stereocenters. The molecule has 0 unspecified atom stereocenters. The molecule has 0 bridgehead atoms. The third-order valence-electron chi connectivity index (χ3n) is 2.31. The van der Waals surface area contributed by atoms with Gasteiger partial charge in [-0.15, -0.1) is 0 Å². The zero-order chi connectivity index (χ0) is 11.7. The fourth-order valence-electron chi connectivity index (χ4n) is 1.57. The van der Waals surface area contributed by atoms with Crippen LogP contribution in [-0.4, -0.2) is 22.5 Å². The topological polar surface area (TPSA) is 67.4 Å². The number of nitriles is 1. The van der Waals surface area contributed by atoms with Crippen LogP contribution in [0.15, 0.2) is 18.3 Å². The van der Waals surface area contributed by atoms with Crippen LogP contribution < -0.4 is 0 Å². The average molecular weight is 215 g/mol. The molecule has 0 aliphatic rings. The summed E-state index contributed by atoms with van der Waals surface area (Å²) in [6.45, 7) is 1.73. The first-order chi connectivity index (χ1) is 7.67. The SMILES string of the molecule is COC(=O)c1c(C)nc2cc(C#N)ccn12. The first kappa shape index (κ1) is 10.2. The standard InChI is InChI=1S/C11H9N3O2/c1-7-10(11(15)16-2)14-4-3-8(6-12)5-9(14)13-7/h3-5H,1-2H3. The van der Waals surface area contributed by atoms with Crippen LogP contribution in [0.25, 0.3) is 5.65 Å². The van der Waals surface area contributed by atoms with Crippen molar-refractivity contribution in [3.05, 3.63) is 35.3 Å². The molecule has 2 rings (SSSR count). The summed E-state index contributed by atoms with van der Waals surface area (Å²) in [6, 6.07) is 5.27. The van der Waals surface area contributed by atoms with Crippen molar-refractivity contribution in [3.8, 4) is 6.07 Å². The first-order valence-electron chi connectivity index (χ1n) is 4.64. The van der Waals surface area contributed by atoms with Gasteiger partial charge in [0.1, 0.15) is 5.65 Å². The summed E-state index contributed by atoms with van der Waals surface area (Å²) in [4.78, 5) is 15.7. The third-order valence-corrected chi connectivity index (χ3v) is 2.31. The van der Waals surface area contributed by atoms with Crippen molar-refractivity contribution in [2.45, 2.75) is 6.92 Å². The lowest BCUT2D eigenvalue weighted by Gasteiger charge is -2.00. The van der Waals surface area contributed by atoms with E-state index >= 15 is 0 Å². The Morgan fingerprint density at radius 2 is 2.38 bits per heavy atom. The van der Waals surface area contributed by atoms with Gasteiger partial charge in [-0.3, -0.25) is 4.40 Å². The van der Waals surface area contributed by atoms with E-state index in [-0.39, 0.29) is 0 Å². The number of carbonyl (C=O) groups excluding carboxylic acids is 1. The minimum absolute atomic E-state index is 0.391. The number of nitrogens with zero attached hydrogens (tertiary/aromatic N) is 3. The van der Waals surface area contributed by atoms with E-state index in [0.29, 0.717) is 22.6 Å². The maximum atomic E-state index is 11.5. The monoisotopic (exact) mass is 215 g/mol. The van der Waals surface area contributed by atoms with E-state index in [1.807, 2.05) is 6.07 Å². The molecule has 0 spiro atoms. The second-order valence-electron chi connectivity index (χ2n) is 3.29. The smallest absolute Gasteiger partial charge is 0.356 e. The molecule has 0 aliphatic heterocycles. The van der Waals surface area contributed by atoms with Gasteiger partial charge in [0.25, 0.3) is 0 Å². The van der Waals surface area contributed by atoms with Crippen LogP contribution in [0.1, 0.15) is 21.7 Å². The molecule has 16 heavy (non-hydrogen) atoms. The summed E-state index contributed by atoms with van der Waals surface area (Å²) in [6.07, 6.45) is 1.64. The number of hydrogen-bond acceptors (Lipinski definition) is 4. The Kier molecular flexibility index (Phi) is 2.33. The highest BCUT2D eigenvalue weighted by atomic mass is 16.5. The molecule has 0 saturated carbocycles. The number of pyridine rings is 1. The maximum Gasteiger partial charge on any atom is 0.356 e. The maximum absolute atomic E-state index is 11.5. The van der Waals surface area contributed by atoms with E-state index in [2.05, 4.69) is 9.72 Å². The van der Waals surface area contributed by atoms with E-state index < -0.39 is 5.97 Å². The molecular formula is C11H9N3O2. The number of ether oxygens (including phenoxy) is 1. The molecule has 0 amide bonds. The van der Waals surface area contributed by atoms with Gasteiger partial charge in [0.05, 0.1) is 24.4 Å². The van der Waals surface area contributed by atoms with Gasteiger partial charge in [-0.1, -0.05) is 0 Å². The number of hydrogen-bond donors (Lipinski definition) is 0. The Bertz CT molecular complexity index is 607. The van der Waals surface area contributed by atoms with Crippen LogP contribution in [0.5, 0.6) is 0 Å². The Morgan fingerprint density at radius 3 is 3.00 bits per heavy atom. The molecule has 0 aliphatic carbocycles. The van der Waals surface area contributed by atoms with Gasteiger partial charge < -0.3 is 4.74 Å². The van der Waals surface area contributed by atoms with E-state index in [4.69, 9.17) is 5.26 Å². The molecule has 80 valence electrons. The predicted molar refractivity (Wildman–Crippen MR) is 56.0 cm³/mol. The highest BCUT2D eigenvalue weighted by Crippen LogP contribution is 2.14. The van der Waals surface area contributed by atoms with Crippen molar-refractivity contribution in [1.82, 2.24) is 9.38 Å².